The van der Waals surface area contributed by atoms with Gasteiger partial charge >= 0.3 is 0 Å². The highest BCUT2D eigenvalue weighted by Gasteiger charge is 2.26. The number of aromatic nitrogens is 1. The number of anilines is 1. The molecule has 2 heterocycles. The monoisotopic (exact) mass is 577 g/mol. The molecule has 0 radical (unpaired) electrons. The number of nitrogens with zero attached hydrogens (tertiary/aromatic N) is 3. The van der Waals surface area contributed by atoms with Gasteiger partial charge in [0.25, 0.3) is 0 Å². The third-order valence-corrected chi connectivity index (χ3v) is 7.68. The van der Waals surface area contributed by atoms with Crippen LogP contribution >= 0.6 is 24.0 Å². The van der Waals surface area contributed by atoms with Crippen molar-refractivity contribution >= 4 is 46.6 Å². The molecule has 5 atom stereocenters. The lowest BCUT2D eigenvalue weighted by Crippen LogP contribution is -2.46. The first-order chi connectivity index (χ1) is 15.0. The molecule has 2 aliphatic rings. The zero-order chi connectivity index (χ0) is 22.2. The highest BCUT2D eigenvalue weighted by molar-refractivity contribution is 14.0. The first kappa shape index (κ1) is 27.3. The van der Waals surface area contributed by atoms with E-state index in [9.17, 15) is 4.21 Å². The number of hydrogen-bond acceptors (Lipinski definition) is 5. The topological polar surface area (TPSA) is 78.8 Å². The molecule has 7 nitrogen and oxygen atoms in total. The summed E-state index contributed by atoms with van der Waals surface area (Å²) in [5.41, 5.74) is 1.09. The zero-order valence-electron chi connectivity index (χ0n) is 19.9. The summed E-state index contributed by atoms with van der Waals surface area (Å²) in [6.07, 6.45) is 6.62. The van der Waals surface area contributed by atoms with Crippen LogP contribution in [-0.2, 0) is 22.1 Å². The van der Waals surface area contributed by atoms with Crippen molar-refractivity contribution in [2.45, 2.75) is 83.4 Å². The summed E-state index contributed by atoms with van der Waals surface area (Å²) < 4.78 is 18.1. The molecule has 0 aromatic carbocycles. The van der Waals surface area contributed by atoms with E-state index in [0.717, 1.165) is 68.4 Å². The predicted molar refractivity (Wildman–Crippen MR) is 145 cm³/mol. The Labute approximate surface area is 213 Å². The highest BCUT2D eigenvalue weighted by Crippen LogP contribution is 2.23. The van der Waals surface area contributed by atoms with Crippen LogP contribution in [0.15, 0.2) is 23.3 Å². The number of pyridine rings is 1. The van der Waals surface area contributed by atoms with Crippen molar-refractivity contribution in [3.63, 3.8) is 0 Å². The Kier molecular flexibility index (Phi) is 11.7. The smallest absolute Gasteiger partial charge is 0.191 e. The number of ether oxygens (including phenoxy) is 1. The van der Waals surface area contributed by atoms with Gasteiger partial charge in [-0.15, -0.1) is 24.0 Å². The third kappa shape index (κ3) is 8.13. The minimum absolute atomic E-state index is 0. The molecule has 2 N–H and O–H groups in total. The van der Waals surface area contributed by atoms with E-state index >= 15 is 0 Å². The molecule has 3 rings (SSSR count). The lowest BCUT2D eigenvalue weighted by atomic mass is 9.95. The van der Waals surface area contributed by atoms with Gasteiger partial charge < -0.3 is 20.3 Å². The van der Waals surface area contributed by atoms with Gasteiger partial charge in [-0.25, -0.2) is 9.98 Å². The standard InChI is InChI=1S/C23H39N5O2S.HI/c1-5-24-23(27-20-8-7-9-21(12-20)31(29)6-2)26-14-19-10-11-22(25-13-19)28-15-17(3)30-18(4)16-28;/h10-11,13,17-18,20-21H,5-9,12,14-16H2,1-4H3,(H2,24,26,27);1H. The summed E-state index contributed by atoms with van der Waals surface area (Å²) in [6.45, 7) is 11.4. The fourth-order valence-electron chi connectivity index (χ4n) is 4.50. The Morgan fingerprint density at radius 3 is 2.62 bits per heavy atom. The van der Waals surface area contributed by atoms with Gasteiger partial charge in [0.2, 0.25) is 0 Å². The number of hydrogen-bond donors (Lipinski definition) is 2. The van der Waals surface area contributed by atoms with Crippen LogP contribution in [0.1, 0.15) is 58.9 Å². The van der Waals surface area contributed by atoms with Crippen molar-refractivity contribution in [2.24, 2.45) is 4.99 Å². The fourth-order valence-corrected chi connectivity index (χ4v) is 5.84. The number of aliphatic imine (C=N–C) groups is 1. The molecule has 1 aliphatic carbocycles. The first-order valence-electron chi connectivity index (χ1n) is 11.8. The van der Waals surface area contributed by atoms with Crippen molar-refractivity contribution in [2.75, 3.05) is 30.3 Å². The minimum atomic E-state index is -0.716. The van der Waals surface area contributed by atoms with Gasteiger partial charge in [0.15, 0.2) is 5.96 Å². The minimum Gasteiger partial charge on any atom is -0.372 e. The summed E-state index contributed by atoms with van der Waals surface area (Å²) in [5.74, 6) is 2.57. The van der Waals surface area contributed by atoms with Crippen LogP contribution in [0.5, 0.6) is 0 Å². The van der Waals surface area contributed by atoms with Gasteiger partial charge in [0, 0.05) is 53.7 Å². The number of nitrogens with one attached hydrogen (secondary N) is 2. The average Bonchev–Trinajstić information content (AvgIpc) is 2.77. The number of morpholine rings is 1. The molecule has 1 saturated carbocycles. The second-order valence-electron chi connectivity index (χ2n) is 8.68. The molecule has 1 aromatic rings. The largest absolute Gasteiger partial charge is 0.372 e. The van der Waals surface area contributed by atoms with Crippen molar-refractivity contribution in [3.8, 4) is 0 Å². The van der Waals surface area contributed by atoms with Crippen LogP contribution in [0, 0.1) is 0 Å². The van der Waals surface area contributed by atoms with E-state index in [1.165, 1.54) is 0 Å². The SMILES string of the molecule is CCNC(=NCc1ccc(N2CC(C)OC(C)C2)nc1)NC1CCCC(S(=O)CC)C1.I. The van der Waals surface area contributed by atoms with E-state index in [2.05, 4.69) is 53.4 Å². The third-order valence-electron chi connectivity index (χ3n) is 5.94. The van der Waals surface area contributed by atoms with Gasteiger partial charge in [-0.3, -0.25) is 4.21 Å². The maximum atomic E-state index is 12.2. The van der Waals surface area contributed by atoms with E-state index in [-0.39, 0.29) is 36.2 Å². The summed E-state index contributed by atoms with van der Waals surface area (Å²) >= 11 is 0. The van der Waals surface area contributed by atoms with Crippen LogP contribution in [0.2, 0.25) is 0 Å². The fraction of sp³-hybridized carbons (Fsp3) is 0.739. The van der Waals surface area contributed by atoms with Gasteiger partial charge in [0.1, 0.15) is 5.82 Å². The van der Waals surface area contributed by atoms with Gasteiger partial charge in [-0.2, -0.15) is 0 Å². The van der Waals surface area contributed by atoms with Crippen molar-refractivity contribution in [1.82, 2.24) is 15.6 Å². The number of guanidine groups is 1. The quantitative estimate of drug-likeness (QED) is 0.294. The van der Waals surface area contributed by atoms with Crippen LogP contribution < -0.4 is 15.5 Å². The molecular formula is C23H40IN5O2S. The van der Waals surface area contributed by atoms with E-state index in [1.807, 2.05) is 13.1 Å². The maximum Gasteiger partial charge on any atom is 0.191 e. The molecule has 1 saturated heterocycles. The molecule has 182 valence electrons. The number of halogens is 1. The van der Waals surface area contributed by atoms with Gasteiger partial charge in [-0.1, -0.05) is 19.4 Å². The van der Waals surface area contributed by atoms with Crippen LogP contribution in [0.4, 0.5) is 5.82 Å². The molecule has 0 bridgehead atoms. The van der Waals surface area contributed by atoms with E-state index in [1.54, 1.807) is 0 Å². The van der Waals surface area contributed by atoms with Crippen molar-refractivity contribution in [1.29, 1.82) is 0 Å². The van der Waals surface area contributed by atoms with Crippen LogP contribution in [0.3, 0.4) is 0 Å². The summed E-state index contributed by atoms with van der Waals surface area (Å²) in [7, 11) is -0.716. The van der Waals surface area contributed by atoms with Crippen LogP contribution in [-0.4, -0.2) is 64.0 Å². The molecule has 2 fully saturated rings. The molecule has 1 aromatic heterocycles. The Bertz CT molecular complexity index is 738. The molecule has 5 unspecified atom stereocenters. The lowest BCUT2D eigenvalue weighted by molar-refractivity contribution is -0.00545. The molecule has 1 aliphatic heterocycles. The Morgan fingerprint density at radius 1 is 1.25 bits per heavy atom. The van der Waals surface area contributed by atoms with E-state index < -0.39 is 10.8 Å². The molecular weight excluding hydrogens is 537 g/mol. The van der Waals surface area contributed by atoms with E-state index in [0.29, 0.717) is 17.8 Å². The van der Waals surface area contributed by atoms with Gasteiger partial charge in [-0.05, 0) is 51.7 Å². The van der Waals surface area contributed by atoms with Crippen molar-refractivity contribution < 1.29 is 8.95 Å². The summed E-state index contributed by atoms with van der Waals surface area (Å²) in [6, 6.07) is 4.53. The first-order valence-corrected chi connectivity index (χ1v) is 13.1. The zero-order valence-corrected chi connectivity index (χ0v) is 23.0. The van der Waals surface area contributed by atoms with E-state index in [4.69, 9.17) is 9.73 Å². The predicted octanol–water partition coefficient (Wildman–Crippen LogP) is 3.45. The molecule has 0 amide bonds. The Balaban J connectivity index is 0.00000363. The molecule has 32 heavy (non-hydrogen) atoms. The summed E-state index contributed by atoms with van der Waals surface area (Å²) in [4.78, 5) is 11.7. The van der Waals surface area contributed by atoms with Gasteiger partial charge in [0.05, 0.1) is 18.8 Å². The second kappa shape index (κ2) is 13.7. The Hall–Kier alpha value is -0.940. The van der Waals surface area contributed by atoms with Crippen LogP contribution in [0.25, 0.3) is 0 Å². The normalized spacial score (nSPS) is 27.4. The summed E-state index contributed by atoms with van der Waals surface area (Å²) in [5, 5.41) is 7.23. The van der Waals surface area contributed by atoms with Crippen molar-refractivity contribution in [3.05, 3.63) is 23.9 Å². The highest BCUT2D eigenvalue weighted by atomic mass is 127. The maximum absolute atomic E-state index is 12.2. The Morgan fingerprint density at radius 2 is 2.00 bits per heavy atom. The molecule has 9 heteroatoms. The second-order valence-corrected chi connectivity index (χ2v) is 10.7. The number of rotatable bonds is 7. The molecule has 0 spiro atoms. The lowest BCUT2D eigenvalue weighted by Gasteiger charge is -2.36. The average molecular weight is 578 g/mol.